The van der Waals surface area contributed by atoms with Crippen LogP contribution in [0, 0.1) is 0 Å². The summed E-state index contributed by atoms with van der Waals surface area (Å²) in [6, 6.07) is 0.879. The van der Waals surface area contributed by atoms with Gasteiger partial charge in [0.1, 0.15) is 5.01 Å². The highest BCUT2D eigenvalue weighted by Crippen LogP contribution is 2.41. The van der Waals surface area contributed by atoms with E-state index in [1.807, 2.05) is 11.3 Å². The van der Waals surface area contributed by atoms with E-state index in [-0.39, 0.29) is 5.54 Å². The highest BCUT2D eigenvalue weighted by molar-refractivity contribution is 7.11. The number of nitrogens with zero attached hydrogens (tertiary/aromatic N) is 2. The van der Waals surface area contributed by atoms with Crippen LogP contribution in [0.3, 0.4) is 0 Å². The van der Waals surface area contributed by atoms with Gasteiger partial charge in [-0.05, 0) is 52.0 Å². The first-order valence-electron chi connectivity index (χ1n) is 7.73. The highest BCUT2D eigenvalue weighted by atomic mass is 32.1. The topological polar surface area (TPSA) is 28.2 Å². The zero-order valence-corrected chi connectivity index (χ0v) is 12.6. The van der Waals surface area contributed by atoms with Gasteiger partial charge in [0, 0.05) is 24.0 Å². The molecule has 0 amide bonds. The zero-order chi connectivity index (χ0) is 12.9. The SMILES string of the molecule is CNC1(c2nc3c(s2)CCCC3)CCN(C2CC2)C1. The predicted octanol–water partition coefficient (Wildman–Crippen LogP) is 2.30. The molecular formula is C15H23N3S. The second-order valence-electron chi connectivity index (χ2n) is 6.38. The fourth-order valence-corrected chi connectivity index (χ4v) is 5.00. The van der Waals surface area contributed by atoms with Gasteiger partial charge >= 0.3 is 0 Å². The van der Waals surface area contributed by atoms with Gasteiger partial charge < -0.3 is 5.32 Å². The van der Waals surface area contributed by atoms with Gasteiger partial charge in [-0.1, -0.05) is 0 Å². The highest BCUT2D eigenvalue weighted by Gasteiger charge is 2.45. The summed E-state index contributed by atoms with van der Waals surface area (Å²) in [5.74, 6) is 0. The maximum atomic E-state index is 5.02. The lowest BCUT2D eigenvalue weighted by Gasteiger charge is -2.27. The van der Waals surface area contributed by atoms with Gasteiger partial charge in [0.15, 0.2) is 0 Å². The molecule has 3 nitrogen and oxygen atoms in total. The van der Waals surface area contributed by atoms with Crippen molar-refractivity contribution in [2.24, 2.45) is 0 Å². The lowest BCUT2D eigenvalue weighted by atomic mass is 9.99. The van der Waals surface area contributed by atoms with Crippen molar-refractivity contribution in [3.05, 3.63) is 15.6 Å². The molecule has 1 aliphatic heterocycles. The first-order valence-corrected chi connectivity index (χ1v) is 8.54. The third kappa shape index (κ3) is 2.05. The minimum absolute atomic E-state index is 0.143. The quantitative estimate of drug-likeness (QED) is 0.919. The second-order valence-corrected chi connectivity index (χ2v) is 7.46. The average molecular weight is 277 g/mol. The molecule has 1 aromatic rings. The van der Waals surface area contributed by atoms with Crippen molar-refractivity contribution in [1.82, 2.24) is 15.2 Å². The summed E-state index contributed by atoms with van der Waals surface area (Å²) in [6.45, 7) is 2.41. The average Bonchev–Trinajstić information content (AvgIpc) is 3.05. The first-order chi connectivity index (χ1) is 9.31. The van der Waals surface area contributed by atoms with Gasteiger partial charge in [-0.25, -0.2) is 4.98 Å². The standard InChI is InChI=1S/C15H23N3S/c1-16-15(8-9-18(10-15)11-6-7-11)14-17-12-4-2-3-5-13(12)19-14/h11,16H,2-10H2,1H3. The summed E-state index contributed by atoms with van der Waals surface area (Å²) in [5, 5.41) is 4.99. The normalized spacial score (nSPS) is 31.6. The summed E-state index contributed by atoms with van der Waals surface area (Å²) in [5.41, 5.74) is 1.55. The van der Waals surface area contributed by atoms with E-state index in [9.17, 15) is 0 Å². The molecule has 2 fully saturated rings. The number of hydrogen-bond acceptors (Lipinski definition) is 4. The molecule has 0 bridgehead atoms. The van der Waals surface area contributed by atoms with Crippen LogP contribution < -0.4 is 5.32 Å². The lowest BCUT2D eigenvalue weighted by Crippen LogP contribution is -2.43. The van der Waals surface area contributed by atoms with E-state index in [1.165, 1.54) is 68.7 Å². The zero-order valence-electron chi connectivity index (χ0n) is 11.7. The van der Waals surface area contributed by atoms with Crippen LogP contribution in [0.25, 0.3) is 0 Å². The maximum absolute atomic E-state index is 5.02. The first kappa shape index (κ1) is 12.3. The van der Waals surface area contributed by atoms with E-state index >= 15 is 0 Å². The van der Waals surface area contributed by atoms with E-state index in [4.69, 9.17) is 4.98 Å². The monoisotopic (exact) mass is 277 g/mol. The second kappa shape index (κ2) is 4.54. The number of aromatic nitrogens is 1. The molecular weight excluding hydrogens is 254 g/mol. The third-order valence-electron chi connectivity index (χ3n) is 5.10. The Balaban J connectivity index is 1.63. The third-order valence-corrected chi connectivity index (χ3v) is 6.46. The number of likely N-dealkylation sites (tertiary alicyclic amines) is 1. The number of rotatable bonds is 3. The van der Waals surface area contributed by atoms with Crippen LogP contribution in [-0.4, -0.2) is 36.1 Å². The minimum atomic E-state index is 0.143. The van der Waals surface area contributed by atoms with Crippen molar-refractivity contribution in [1.29, 1.82) is 0 Å². The van der Waals surface area contributed by atoms with E-state index in [2.05, 4.69) is 17.3 Å². The van der Waals surface area contributed by atoms with Gasteiger partial charge in [-0.2, -0.15) is 0 Å². The van der Waals surface area contributed by atoms with Gasteiger partial charge in [-0.15, -0.1) is 11.3 Å². The Morgan fingerprint density at radius 2 is 2.16 bits per heavy atom. The van der Waals surface area contributed by atoms with Crippen LogP contribution >= 0.6 is 11.3 Å². The van der Waals surface area contributed by atoms with Gasteiger partial charge in [0.25, 0.3) is 0 Å². The van der Waals surface area contributed by atoms with Crippen LogP contribution in [0.15, 0.2) is 0 Å². The molecule has 4 rings (SSSR count). The van der Waals surface area contributed by atoms with E-state index in [0.29, 0.717) is 0 Å². The number of likely N-dealkylation sites (N-methyl/N-ethyl adjacent to an activating group) is 1. The fourth-order valence-electron chi connectivity index (χ4n) is 3.63. The summed E-state index contributed by atoms with van der Waals surface area (Å²) in [6.07, 6.45) is 9.21. The fraction of sp³-hybridized carbons (Fsp3) is 0.800. The van der Waals surface area contributed by atoms with Crippen molar-refractivity contribution >= 4 is 11.3 Å². The Morgan fingerprint density at radius 3 is 2.89 bits per heavy atom. The van der Waals surface area contributed by atoms with Gasteiger partial charge in [0.05, 0.1) is 11.2 Å². The van der Waals surface area contributed by atoms with Gasteiger partial charge in [0.2, 0.25) is 0 Å². The van der Waals surface area contributed by atoms with Gasteiger partial charge in [-0.3, -0.25) is 4.90 Å². The molecule has 3 aliphatic rings. The Labute approximate surface area is 119 Å². The summed E-state index contributed by atoms with van der Waals surface area (Å²) < 4.78 is 0. The van der Waals surface area contributed by atoms with Crippen molar-refractivity contribution < 1.29 is 0 Å². The van der Waals surface area contributed by atoms with E-state index < -0.39 is 0 Å². The number of aryl methyl sites for hydroxylation is 2. The molecule has 0 aromatic carbocycles. The maximum Gasteiger partial charge on any atom is 0.115 e. The summed E-state index contributed by atoms with van der Waals surface area (Å²) >= 11 is 1.99. The molecule has 1 N–H and O–H groups in total. The molecule has 1 saturated heterocycles. The van der Waals surface area contributed by atoms with Crippen LogP contribution in [0.1, 0.15) is 47.7 Å². The lowest BCUT2D eigenvalue weighted by molar-refractivity contribution is 0.283. The van der Waals surface area contributed by atoms with Crippen molar-refractivity contribution in [3.63, 3.8) is 0 Å². The molecule has 19 heavy (non-hydrogen) atoms. The predicted molar refractivity (Wildman–Crippen MR) is 78.7 cm³/mol. The Bertz CT molecular complexity index is 456. The van der Waals surface area contributed by atoms with Crippen LogP contribution in [0.5, 0.6) is 0 Å². The van der Waals surface area contributed by atoms with E-state index in [0.717, 1.165) is 6.04 Å². The van der Waals surface area contributed by atoms with E-state index in [1.54, 1.807) is 4.88 Å². The Morgan fingerprint density at radius 1 is 1.32 bits per heavy atom. The molecule has 2 aliphatic carbocycles. The number of hydrogen-bond donors (Lipinski definition) is 1. The molecule has 104 valence electrons. The summed E-state index contributed by atoms with van der Waals surface area (Å²) in [7, 11) is 2.12. The molecule has 1 saturated carbocycles. The van der Waals surface area contributed by atoms with Crippen LogP contribution in [0.4, 0.5) is 0 Å². The van der Waals surface area contributed by atoms with Crippen molar-refractivity contribution in [2.75, 3.05) is 20.1 Å². The molecule has 1 atom stereocenters. The number of thiazole rings is 1. The molecule has 4 heteroatoms. The van der Waals surface area contributed by atoms with Crippen molar-refractivity contribution in [2.45, 2.75) is 56.5 Å². The number of nitrogens with one attached hydrogen (secondary N) is 1. The molecule has 1 aromatic heterocycles. The minimum Gasteiger partial charge on any atom is -0.307 e. The Hall–Kier alpha value is -0.450. The smallest absolute Gasteiger partial charge is 0.115 e. The van der Waals surface area contributed by atoms with Crippen molar-refractivity contribution in [3.8, 4) is 0 Å². The van der Waals surface area contributed by atoms with Crippen LogP contribution in [-0.2, 0) is 18.4 Å². The molecule has 1 unspecified atom stereocenters. The summed E-state index contributed by atoms with van der Waals surface area (Å²) in [4.78, 5) is 9.27. The molecule has 0 radical (unpaired) electrons. The Kier molecular flexibility index (Phi) is 2.94. The number of fused-ring (bicyclic) bond motifs is 1. The molecule has 0 spiro atoms. The van der Waals surface area contributed by atoms with Crippen LogP contribution in [0.2, 0.25) is 0 Å². The largest absolute Gasteiger partial charge is 0.307 e. The molecule has 2 heterocycles.